The predicted octanol–water partition coefficient (Wildman–Crippen LogP) is 2.01. The zero-order valence-electron chi connectivity index (χ0n) is 8.97. The third-order valence-electron chi connectivity index (χ3n) is 2.88. The van der Waals surface area contributed by atoms with Gasteiger partial charge in [0.2, 0.25) is 0 Å². The average Bonchev–Trinajstić information content (AvgIpc) is 2.61. The molecule has 1 aromatic rings. The third-order valence-corrected chi connectivity index (χ3v) is 2.88. The van der Waals surface area contributed by atoms with Crippen LogP contribution in [-0.2, 0) is 6.42 Å². The van der Waals surface area contributed by atoms with Gasteiger partial charge in [-0.15, -0.1) is 0 Å². The van der Waals surface area contributed by atoms with Crippen molar-refractivity contribution >= 4 is 0 Å². The highest BCUT2D eigenvalue weighted by atomic mass is 16.4. The molecule has 0 radical (unpaired) electrons. The molecule has 14 heavy (non-hydrogen) atoms. The summed E-state index contributed by atoms with van der Waals surface area (Å²) in [4.78, 5) is 4.50. The monoisotopic (exact) mass is 194 g/mol. The van der Waals surface area contributed by atoms with Crippen LogP contribution in [0.5, 0.6) is 0 Å². The van der Waals surface area contributed by atoms with E-state index in [4.69, 9.17) is 4.42 Å². The SMILES string of the molecule is CCc1oc(C2CCCNC2)nc1C. The van der Waals surface area contributed by atoms with Gasteiger partial charge in [0.05, 0.1) is 5.69 Å². The van der Waals surface area contributed by atoms with Crippen molar-refractivity contribution in [1.29, 1.82) is 0 Å². The first-order valence-electron chi connectivity index (χ1n) is 5.48. The summed E-state index contributed by atoms with van der Waals surface area (Å²) in [6.45, 7) is 6.29. The van der Waals surface area contributed by atoms with E-state index in [1.807, 2.05) is 6.92 Å². The highest BCUT2D eigenvalue weighted by molar-refractivity contribution is 5.10. The van der Waals surface area contributed by atoms with Crippen molar-refractivity contribution in [2.75, 3.05) is 13.1 Å². The fourth-order valence-electron chi connectivity index (χ4n) is 2.02. The van der Waals surface area contributed by atoms with Crippen LogP contribution in [0.3, 0.4) is 0 Å². The van der Waals surface area contributed by atoms with Gasteiger partial charge in [0.1, 0.15) is 5.76 Å². The van der Waals surface area contributed by atoms with Gasteiger partial charge < -0.3 is 9.73 Å². The molecule has 1 aliphatic heterocycles. The molecule has 1 atom stereocenters. The summed E-state index contributed by atoms with van der Waals surface area (Å²) in [6.07, 6.45) is 3.38. The maximum Gasteiger partial charge on any atom is 0.199 e. The van der Waals surface area contributed by atoms with Crippen LogP contribution in [0.2, 0.25) is 0 Å². The molecule has 0 saturated carbocycles. The minimum Gasteiger partial charge on any atom is -0.445 e. The summed E-state index contributed by atoms with van der Waals surface area (Å²) in [6, 6.07) is 0. The van der Waals surface area contributed by atoms with Crippen molar-refractivity contribution in [3.05, 3.63) is 17.3 Å². The molecule has 2 rings (SSSR count). The first kappa shape index (κ1) is 9.71. The second kappa shape index (κ2) is 4.13. The maximum absolute atomic E-state index is 5.75. The molecular formula is C11H18N2O. The molecular weight excluding hydrogens is 176 g/mol. The number of rotatable bonds is 2. The van der Waals surface area contributed by atoms with E-state index in [1.165, 1.54) is 12.8 Å². The van der Waals surface area contributed by atoms with Crippen LogP contribution in [-0.4, -0.2) is 18.1 Å². The Labute approximate surface area is 84.9 Å². The lowest BCUT2D eigenvalue weighted by Gasteiger charge is -2.19. The van der Waals surface area contributed by atoms with Crippen LogP contribution in [0.25, 0.3) is 0 Å². The highest BCUT2D eigenvalue weighted by Gasteiger charge is 2.21. The molecule has 78 valence electrons. The molecule has 1 aromatic heterocycles. The Hall–Kier alpha value is -0.830. The van der Waals surface area contributed by atoms with Crippen molar-refractivity contribution in [3.8, 4) is 0 Å². The number of nitrogens with one attached hydrogen (secondary N) is 1. The first-order valence-corrected chi connectivity index (χ1v) is 5.48. The molecule has 0 aliphatic carbocycles. The summed E-state index contributed by atoms with van der Waals surface area (Å²) in [5.74, 6) is 2.47. The van der Waals surface area contributed by atoms with E-state index >= 15 is 0 Å². The maximum atomic E-state index is 5.75. The molecule has 1 saturated heterocycles. The smallest absolute Gasteiger partial charge is 0.199 e. The Balaban J connectivity index is 2.14. The fourth-order valence-corrected chi connectivity index (χ4v) is 2.02. The van der Waals surface area contributed by atoms with Gasteiger partial charge in [-0.1, -0.05) is 6.92 Å². The number of nitrogens with zero attached hydrogens (tertiary/aromatic N) is 1. The van der Waals surface area contributed by atoms with E-state index in [1.54, 1.807) is 0 Å². The Morgan fingerprint density at radius 1 is 1.57 bits per heavy atom. The fraction of sp³-hybridized carbons (Fsp3) is 0.727. The number of aromatic nitrogens is 1. The summed E-state index contributed by atoms with van der Waals surface area (Å²) < 4.78 is 5.75. The molecule has 3 nitrogen and oxygen atoms in total. The molecule has 1 aliphatic rings. The van der Waals surface area contributed by atoms with Gasteiger partial charge >= 0.3 is 0 Å². The summed E-state index contributed by atoms with van der Waals surface area (Å²) in [5.41, 5.74) is 1.06. The van der Waals surface area contributed by atoms with E-state index in [2.05, 4.69) is 17.2 Å². The largest absolute Gasteiger partial charge is 0.445 e. The molecule has 0 bridgehead atoms. The van der Waals surface area contributed by atoms with Gasteiger partial charge in [-0.05, 0) is 26.3 Å². The Bertz CT molecular complexity index is 300. The van der Waals surface area contributed by atoms with Crippen LogP contribution >= 0.6 is 0 Å². The summed E-state index contributed by atoms with van der Waals surface area (Å²) in [7, 11) is 0. The van der Waals surface area contributed by atoms with Crippen LogP contribution in [0, 0.1) is 6.92 Å². The molecule has 0 amide bonds. The third kappa shape index (κ3) is 1.82. The minimum absolute atomic E-state index is 0.489. The molecule has 1 unspecified atom stereocenters. The molecule has 0 aromatic carbocycles. The number of aryl methyl sites for hydroxylation is 2. The first-order chi connectivity index (χ1) is 6.81. The number of piperidine rings is 1. The van der Waals surface area contributed by atoms with Gasteiger partial charge in [-0.2, -0.15) is 0 Å². The zero-order valence-corrected chi connectivity index (χ0v) is 8.97. The second-order valence-corrected chi connectivity index (χ2v) is 3.96. The quantitative estimate of drug-likeness (QED) is 0.782. The standard InChI is InChI=1S/C11H18N2O/c1-3-10-8(2)13-11(14-10)9-5-4-6-12-7-9/h9,12H,3-7H2,1-2H3. The second-order valence-electron chi connectivity index (χ2n) is 3.96. The van der Waals surface area contributed by atoms with E-state index in [-0.39, 0.29) is 0 Å². The van der Waals surface area contributed by atoms with Crippen molar-refractivity contribution < 1.29 is 4.42 Å². The zero-order chi connectivity index (χ0) is 9.97. The number of hydrogen-bond acceptors (Lipinski definition) is 3. The lowest BCUT2D eigenvalue weighted by atomic mass is 10.00. The van der Waals surface area contributed by atoms with Gasteiger partial charge in [-0.3, -0.25) is 0 Å². The molecule has 3 heteroatoms. The van der Waals surface area contributed by atoms with Crippen molar-refractivity contribution in [3.63, 3.8) is 0 Å². The lowest BCUT2D eigenvalue weighted by Crippen LogP contribution is -2.28. The highest BCUT2D eigenvalue weighted by Crippen LogP contribution is 2.24. The molecule has 2 heterocycles. The minimum atomic E-state index is 0.489. The Kier molecular flexibility index (Phi) is 2.87. The van der Waals surface area contributed by atoms with E-state index in [9.17, 15) is 0 Å². The van der Waals surface area contributed by atoms with Gasteiger partial charge in [0, 0.05) is 18.9 Å². The lowest BCUT2D eigenvalue weighted by molar-refractivity contribution is 0.364. The van der Waals surface area contributed by atoms with Gasteiger partial charge in [0.15, 0.2) is 5.89 Å². The van der Waals surface area contributed by atoms with Crippen molar-refractivity contribution in [2.24, 2.45) is 0 Å². The van der Waals surface area contributed by atoms with Crippen LogP contribution < -0.4 is 5.32 Å². The Morgan fingerprint density at radius 2 is 2.43 bits per heavy atom. The number of oxazole rings is 1. The topological polar surface area (TPSA) is 38.1 Å². The molecule has 1 fully saturated rings. The van der Waals surface area contributed by atoms with Crippen LogP contribution in [0.1, 0.15) is 43.0 Å². The van der Waals surface area contributed by atoms with Crippen LogP contribution in [0.15, 0.2) is 4.42 Å². The molecule has 0 spiro atoms. The van der Waals surface area contributed by atoms with Crippen LogP contribution in [0.4, 0.5) is 0 Å². The summed E-state index contributed by atoms with van der Waals surface area (Å²) >= 11 is 0. The van der Waals surface area contributed by atoms with Crippen molar-refractivity contribution in [1.82, 2.24) is 10.3 Å². The normalized spacial score (nSPS) is 22.6. The van der Waals surface area contributed by atoms with E-state index in [0.717, 1.165) is 36.9 Å². The van der Waals surface area contributed by atoms with Crippen molar-refractivity contribution in [2.45, 2.75) is 39.0 Å². The number of hydrogen-bond donors (Lipinski definition) is 1. The van der Waals surface area contributed by atoms with Gasteiger partial charge in [-0.25, -0.2) is 4.98 Å². The molecule has 1 N–H and O–H groups in total. The Morgan fingerprint density at radius 3 is 3.00 bits per heavy atom. The summed E-state index contributed by atoms with van der Waals surface area (Å²) in [5, 5.41) is 3.38. The predicted molar refractivity (Wildman–Crippen MR) is 55.5 cm³/mol. The van der Waals surface area contributed by atoms with E-state index < -0.39 is 0 Å². The average molecular weight is 194 g/mol. The van der Waals surface area contributed by atoms with E-state index in [0.29, 0.717) is 5.92 Å². The van der Waals surface area contributed by atoms with Gasteiger partial charge in [0.25, 0.3) is 0 Å².